The van der Waals surface area contributed by atoms with Gasteiger partial charge in [0.2, 0.25) is 0 Å². The molecule has 0 aromatic carbocycles. The van der Waals surface area contributed by atoms with Crippen molar-refractivity contribution in [3.8, 4) is 11.4 Å². The number of imide groups is 1. The molecule has 0 radical (unpaired) electrons. The fourth-order valence-corrected chi connectivity index (χ4v) is 2.64. The van der Waals surface area contributed by atoms with Gasteiger partial charge in [0.25, 0.3) is 5.91 Å². The number of nitrogens with zero attached hydrogens (tertiary/aromatic N) is 6. The fraction of sp³-hybridized carbons (Fsp3) is 0.312. The molecule has 1 N–H and O–H groups in total. The maximum absolute atomic E-state index is 13.0. The Morgan fingerprint density at radius 2 is 1.65 bits per heavy atom. The van der Waals surface area contributed by atoms with E-state index < -0.39 is 53.7 Å². The van der Waals surface area contributed by atoms with Gasteiger partial charge in [-0.15, -0.1) is 5.10 Å². The quantitative estimate of drug-likeness (QED) is 0.435. The number of alkyl halides is 6. The van der Waals surface area contributed by atoms with Crippen LogP contribution in [0, 0.1) is 0 Å². The van der Waals surface area contributed by atoms with E-state index >= 15 is 0 Å². The lowest BCUT2D eigenvalue weighted by Crippen LogP contribution is -2.31. The maximum Gasteiger partial charge on any atom is 0.433 e. The van der Waals surface area contributed by atoms with Gasteiger partial charge in [0.1, 0.15) is 23.4 Å². The molecule has 1 aliphatic heterocycles. The maximum atomic E-state index is 13.0. The summed E-state index contributed by atoms with van der Waals surface area (Å²) in [6, 6.07) is -0.0135. The molecule has 2 aromatic rings. The van der Waals surface area contributed by atoms with E-state index in [0.717, 1.165) is 27.0 Å². The second kappa shape index (κ2) is 7.64. The molecule has 3 rings (SSSR count). The van der Waals surface area contributed by atoms with E-state index in [1.807, 2.05) is 0 Å². The molecule has 166 valence electrons. The van der Waals surface area contributed by atoms with Gasteiger partial charge in [0, 0.05) is 12.6 Å². The van der Waals surface area contributed by atoms with Gasteiger partial charge < -0.3 is 5.11 Å². The minimum Gasteiger partial charge on any atom is -0.395 e. The first kappa shape index (κ1) is 22.2. The highest BCUT2D eigenvalue weighted by Crippen LogP contribution is 2.35. The van der Waals surface area contributed by atoms with Crippen molar-refractivity contribution in [3.63, 3.8) is 0 Å². The van der Waals surface area contributed by atoms with Crippen LogP contribution in [0.5, 0.6) is 0 Å². The van der Waals surface area contributed by atoms with E-state index in [0.29, 0.717) is 12.1 Å². The smallest absolute Gasteiger partial charge is 0.395 e. The predicted molar refractivity (Wildman–Crippen MR) is 89.5 cm³/mol. The number of pyridine rings is 1. The van der Waals surface area contributed by atoms with Crippen LogP contribution in [0.1, 0.15) is 11.4 Å². The van der Waals surface area contributed by atoms with Gasteiger partial charge in [-0.05, 0) is 12.1 Å². The molecular formula is C16H12F6N6O3. The number of β-amino-alcohol motifs (C(OH)–C–C–N with tert-alkyl or cyclic N) is 1. The number of urea groups is 1. The lowest BCUT2D eigenvalue weighted by molar-refractivity contribution is -0.150. The fourth-order valence-electron chi connectivity index (χ4n) is 2.64. The Kier molecular flexibility index (Phi) is 5.47. The SMILES string of the molecule is CN1C(=O)/C(=C/n2cnc(-c3cc(C(F)(F)F)nc(C(F)(F)F)c3)n2)N(CCO)C1=O. The topological polar surface area (TPSA) is 104 Å². The highest BCUT2D eigenvalue weighted by molar-refractivity contribution is 6.12. The summed E-state index contributed by atoms with van der Waals surface area (Å²) in [5.41, 5.74) is -4.39. The molecular weight excluding hydrogens is 438 g/mol. The number of likely N-dealkylation sites (N-methyl/N-ethyl adjacent to an activating group) is 1. The average molecular weight is 450 g/mol. The monoisotopic (exact) mass is 450 g/mol. The number of amides is 3. The zero-order chi connectivity index (χ0) is 23.1. The average Bonchev–Trinajstić information content (AvgIpc) is 3.22. The van der Waals surface area contributed by atoms with Crippen LogP contribution in [0.2, 0.25) is 0 Å². The number of aromatic nitrogens is 4. The van der Waals surface area contributed by atoms with Crippen molar-refractivity contribution in [1.82, 2.24) is 29.5 Å². The molecule has 0 atom stereocenters. The second-order valence-corrected chi connectivity index (χ2v) is 6.21. The summed E-state index contributed by atoms with van der Waals surface area (Å²) in [7, 11) is 1.19. The van der Waals surface area contributed by atoms with E-state index in [-0.39, 0.29) is 12.2 Å². The van der Waals surface area contributed by atoms with E-state index in [4.69, 9.17) is 5.11 Å². The zero-order valence-corrected chi connectivity index (χ0v) is 15.4. The first-order valence-corrected chi connectivity index (χ1v) is 8.33. The van der Waals surface area contributed by atoms with E-state index in [2.05, 4.69) is 15.1 Å². The third-order valence-electron chi connectivity index (χ3n) is 4.08. The minimum absolute atomic E-state index is 0.223. The third kappa shape index (κ3) is 4.35. The van der Waals surface area contributed by atoms with Crippen molar-refractivity contribution in [2.24, 2.45) is 0 Å². The summed E-state index contributed by atoms with van der Waals surface area (Å²) in [6.45, 7) is -0.694. The summed E-state index contributed by atoms with van der Waals surface area (Å²) >= 11 is 0. The van der Waals surface area contributed by atoms with Gasteiger partial charge in [0.15, 0.2) is 5.82 Å². The molecule has 0 spiro atoms. The Labute approximate surface area is 169 Å². The van der Waals surface area contributed by atoms with Crippen LogP contribution in [-0.2, 0) is 17.1 Å². The predicted octanol–water partition coefficient (Wildman–Crippen LogP) is 2.06. The Morgan fingerprint density at radius 3 is 2.16 bits per heavy atom. The summed E-state index contributed by atoms with van der Waals surface area (Å²) < 4.78 is 78.7. The van der Waals surface area contributed by atoms with E-state index in [1.54, 1.807) is 0 Å². The van der Waals surface area contributed by atoms with Crippen molar-refractivity contribution >= 4 is 18.1 Å². The van der Waals surface area contributed by atoms with Crippen LogP contribution in [-0.4, -0.2) is 66.8 Å². The zero-order valence-electron chi connectivity index (χ0n) is 15.4. The Balaban J connectivity index is 2.03. The first-order valence-electron chi connectivity index (χ1n) is 8.33. The number of carbonyl (C=O) groups is 2. The van der Waals surface area contributed by atoms with Crippen molar-refractivity contribution < 1.29 is 41.0 Å². The van der Waals surface area contributed by atoms with Crippen molar-refractivity contribution in [2.45, 2.75) is 12.4 Å². The number of aliphatic hydroxyl groups excluding tert-OH is 1. The lowest BCUT2D eigenvalue weighted by Gasteiger charge is -2.13. The van der Waals surface area contributed by atoms with Gasteiger partial charge in [-0.3, -0.25) is 14.6 Å². The molecule has 31 heavy (non-hydrogen) atoms. The Hall–Kier alpha value is -3.49. The molecule has 0 bridgehead atoms. The van der Waals surface area contributed by atoms with Crippen LogP contribution in [0.4, 0.5) is 31.1 Å². The van der Waals surface area contributed by atoms with Gasteiger partial charge in [-0.2, -0.15) is 26.3 Å². The molecule has 15 heteroatoms. The highest BCUT2D eigenvalue weighted by atomic mass is 19.4. The Bertz CT molecular complexity index is 1030. The standard InChI is InChI=1S/C16H12F6N6O3/c1-26-13(30)9(28(2-3-29)14(26)31)6-27-7-23-12(25-27)8-4-10(15(17,18)19)24-11(5-8)16(20,21)22/h4-7,29H,2-3H2,1H3/b9-6-. The number of hydrogen-bond donors (Lipinski definition) is 1. The first-order chi connectivity index (χ1) is 14.3. The van der Waals surface area contributed by atoms with Crippen LogP contribution in [0.15, 0.2) is 24.2 Å². The highest BCUT2D eigenvalue weighted by Gasteiger charge is 2.40. The normalized spacial score (nSPS) is 16.7. The molecule has 3 amide bonds. The summed E-state index contributed by atoms with van der Waals surface area (Å²) in [4.78, 5) is 32.2. The van der Waals surface area contributed by atoms with Crippen molar-refractivity contribution in [1.29, 1.82) is 0 Å². The van der Waals surface area contributed by atoms with Gasteiger partial charge in [0.05, 0.1) is 19.4 Å². The number of hydrogen-bond acceptors (Lipinski definition) is 6. The molecule has 0 aliphatic carbocycles. The van der Waals surface area contributed by atoms with Crippen LogP contribution >= 0.6 is 0 Å². The van der Waals surface area contributed by atoms with Gasteiger partial charge in [-0.25, -0.2) is 19.4 Å². The molecule has 0 unspecified atom stereocenters. The van der Waals surface area contributed by atoms with E-state index in [9.17, 15) is 35.9 Å². The van der Waals surface area contributed by atoms with Crippen LogP contribution < -0.4 is 0 Å². The van der Waals surface area contributed by atoms with Gasteiger partial charge >= 0.3 is 18.4 Å². The molecule has 0 saturated carbocycles. The molecule has 1 saturated heterocycles. The van der Waals surface area contributed by atoms with Gasteiger partial charge in [-0.1, -0.05) is 0 Å². The number of halogens is 6. The summed E-state index contributed by atoms with van der Waals surface area (Å²) in [5, 5.41) is 12.8. The minimum atomic E-state index is -5.15. The molecule has 3 heterocycles. The third-order valence-corrected chi connectivity index (χ3v) is 4.08. The molecule has 1 aliphatic rings. The molecule has 9 nitrogen and oxygen atoms in total. The lowest BCUT2D eigenvalue weighted by atomic mass is 10.1. The van der Waals surface area contributed by atoms with Crippen molar-refractivity contribution in [3.05, 3.63) is 35.5 Å². The largest absolute Gasteiger partial charge is 0.433 e. The van der Waals surface area contributed by atoms with Crippen molar-refractivity contribution in [2.75, 3.05) is 20.2 Å². The van der Waals surface area contributed by atoms with E-state index in [1.165, 1.54) is 7.05 Å². The molecule has 2 aromatic heterocycles. The Morgan fingerprint density at radius 1 is 1.06 bits per heavy atom. The second-order valence-electron chi connectivity index (χ2n) is 6.21. The number of rotatable bonds is 4. The van der Waals surface area contributed by atoms with Crippen LogP contribution in [0.25, 0.3) is 17.6 Å². The summed E-state index contributed by atoms with van der Waals surface area (Å²) in [5.74, 6) is -1.26. The number of carbonyl (C=O) groups excluding carboxylic acids is 2. The summed E-state index contributed by atoms with van der Waals surface area (Å²) in [6.07, 6.45) is -8.36. The number of aliphatic hydroxyl groups is 1. The van der Waals surface area contributed by atoms with Crippen LogP contribution in [0.3, 0.4) is 0 Å². The molecule has 1 fully saturated rings.